The molecule has 0 radical (unpaired) electrons. The number of carbonyl (C=O) groups excluding carboxylic acids is 2. The number of Topliss-reactive ketones (excluding diaryl/α,β-unsaturated/α-hetero) is 2. The smallest absolute Gasteiger partial charge is 0.185 e. The normalized spacial score (nSPS) is 22.0. The highest BCUT2D eigenvalue weighted by Gasteiger charge is 2.49. The predicted molar refractivity (Wildman–Crippen MR) is 160 cm³/mol. The molecule has 1 aromatic carbocycles. The first kappa shape index (κ1) is 31.9. The Morgan fingerprint density at radius 2 is 1.82 bits per heavy atom. The van der Waals surface area contributed by atoms with Gasteiger partial charge in [-0.3, -0.25) is 19.5 Å². The van der Waals surface area contributed by atoms with E-state index < -0.39 is 28.1 Å². The van der Waals surface area contributed by atoms with Crippen LogP contribution in [0.25, 0.3) is 11.3 Å². The van der Waals surface area contributed by atoms with Gasteiger partial charge >= 0.3 is 0 Å². The summed E-state index contributed by atoms with van der Waals surface area (Å²) in [5, 5.41) is 14.3. The minimum Gasteiger partial charge on any atom is -0.497 e. The van der Waals surface area contributed by atoms with Gasteiger partial charge in [0.15, 0.2) is 11.5 Å². The SMILES string of the molecule is COc1cc(C)nc(C(C)(C)CC(=O)CC2(CC(=O)c3cc(-c4ccc(F)cc4F)on3)CN(C3CCC(C)(O)CC3)C2)c1. The van der Waals surface area contributed by atoms with Gasteiger partial charge < -0.3 is 14.4 Å². The molecule has 2 fully saturated rings. The van der Waals surface area contributed by atoms with E-state index in [9.17, 15) is 23.5 Å². The lowest BCUT2D eigenvalue weighted by atomic mass is 9.68. The van der Waals surface area contributed by atoms with Crippen LogP contribution in [0.2, 0.25) is 0 Å². The zero-order chi connectivity index (χ0) is 31.9. The molecule has 3 heterocycles. The van der Waals surface area contributed by atoms with E-state index in [0.717, 1.165) is 36.4 Å². The fraction of sp³-hybridized carbons (Fsp3) is 0.529. The van der Waals surface area contributed by atoms with Gasteiger partial charge in [0.25, 0.3) is 0 Å². The number of aliphatic hydroxyl groups is 1. The lowest BCUT2D eigenvalue weighted by molar-refractivity contribution is -0.128. The summed E-state index contributed by atoms with van der Waals surface area (Å²) in [5.41, 5.74) is -0.191. The molecule has 1 N–H and O–H groups in total. The van der Waals surface area contributed by atoms with Crippen molar-refractivity contribution in [1.29, 1.82) is 0 Å². The zero-order valence-electron chi connectivity index (χ0n) is 26.1. The molecule has 2 aromatic heterocycles. The van der Waals surface area contributed by atoms with Gasteiger partial charge in [0.1, 0.15) is 28.9 Å². The van der Waals surface area contributed by atoms with Crippen LogP contribution in [0.15, 0.2) is 40.9 Å². The minimum atomic E-state index is -0.813. The number of hydrogen-bond donors (Lipinski definition) is 1. The summed E-state index contributed by atoms with van der Waals surface area (Å²) in [6.07, 6.45) is 3.66. The molecule has 0 amide bonds. The fourth-order valence-corrected chi connectivity index (χ4v) is 6.77. The third-order valence-electron chi connectivity index (χ3n) is 9.22. The number of hydrogen-bond acceptors (Lipinski definition) is 8. The number of pyridine rings is 1. The van der Waals surface area contributed by atoms with E-state index in [1.54, 1.807) is 7.11 Å². The molecule has 1 saturated heterocycles. The van der Waals surface area contributed by atoms with Crippen LogP contribution >= 0.6 is 0 Å². The second-order valence-electron chi connectivity index (χ2n) is 13.7. The van der Waals surface area contributed by atoms with Gasteiger partial charge in [0.05, 0.1) is 24.0 Å². The highest BCUT2D eigenvalue weighted by Crippen LogP contribution is 2.44. The van der Waals surface area contributed by atoms with Crippen molar-refractivity contribution in [2.45, 2.75) is 89.7 Å². The van der Waals surface area contributed by atoms with Crippen molar-refractivity contribution < 1.29 is 32.7 Å². The van der Waals surface area contributed by atoms with Crippen LogP contribution in [0.1, 0.15) is 87.6 Å². The van der Waals surface area contributed by atoms with Crippen molar-refractivity contribution in [3.63, 3.8) is 0 Å². The number of ether oxygens (including phenoxy) is 1. The Labute approximate surface area is 256 Å². The topological polar surface area (TPSA) is 106 Å². The minimum absolute atomic E-state index is 0.00876. The summed E-state index contributed by atoms with van der Waals surface area (Å²) in [6.45, 7) is 8.87. The zero-order valence-corrected chi connectivity index (χ0v) is 26.1. The summed E-state index contributed by atoms with van der Waals surface area (Å²) in [5.74, 6) is -1.08. The second kappa shape index (κ2) is 12.1. The van der Waals surface area contributed by atoms with E-state index in [1.807, 2.05) is 39.8 Å². The molecule has 2 aliphatic rings. The van der Waals surface area contributed by atoms with Crippen molar-refractivity contribution >= 4 is 11.6 Å². The molecule has 236 valence electrons. The molecule has 0 unspecified atom stereocenters. The van der Waals surface area contributed by atoms with E-state index in [0.29, 0.717) is 31.7 Å². The largest absolute Gasteiger partial charge is 0.497 e. The molecule has 10 heteroatoms. The van der Waals surface area contributed by atoms with Gasteiger partial charge in [-0.2, -0.15) is 0 Å². The summed E-state index contributed by atoms with van der Waals surface area (Å²) in [6, 6.07) is 8.45. The summed E-state index contributed by atoms with van der Waals surface area (Å²) in [7, 11) is 1.60. The second-order valence-corrected chi connectivity index (χ2v) is 13.7. The molecule has 5 rings (SSSR count). The van der Waals surface area contributed by atoms with Crippen LogP contribution in [0.4, 0.5) is 8.78 Å². The molecular formula is C34H41F2N3O5. The van der Waals surface area contributed by atoms with Gasteiger partial charge in [0.2, 0.25) is 0 Å². The third-order valence-corrected chi connectivity index (χ3v) is 9.22. The molecule has 1 saturated carbocycles. The molecule has 0 bridgehead atoms. The first-order valence-electron chi connectivity index (χ1n) is 15.1. The van der Waals surface area contributed by atoms with Crippen molar-refractivity contribution in [1.82, 2.24) is 15.0 Å². The van der Waals surface area contributed by atoms with Crippen LogP contribution in [-0.4, -0.2) is 63.6 Å². The average Bonchev–Trinajstić information content (AvgIpc) is 3.41. The number of likely N-dealkylation sites (tertiary alicyclic amines) is 1. The van der Waals surface area contributed by atoms with Gasteiger partial charge in [0, 0.05) is 79.2 Å². The Kier molecular flexibility index (Phi) is 8.79. The number of halogens is 2. The Morgan fingerprint density at radius 1 is 1.11 bits per heavy atom. The van der Waals surface area contributed by atoms with Crippen LogP contribution in [0.3, 0.4) is 0 Å². The highest BCUT2D eigenvalue weighted by atomic mass is 19.1. The predicted octanol–water partition coefficient (Wildman–Crippen LogP) is 6.23. The quantitative estimate of drug-likeness (QED) is 0.255. The number of benzene rings is 1. The Hall–Kier alpha value is -3.50. The summed E-state index contributed by atoms with van der Waals surface area (Å²) in [4.78, 5) is 34.2. The number of aryl methyl sites for hydroxylation is 1. The maximum absolute atomic E-state index is 14.3. The van der Waals surface area contributed by atoms with Crippen molar-refractivity contribution in [2.24, 2.45) is 5.41 Å². The Morgan fingerprint density at radius 3 is 2.48 bits per heavy atom. The summed E-state index contributed by atoms with van der Waals surface area (Å²) < 4.78 is 38.4. The fourth-order valence-electron chi connectivity index (χ4n) is 6.77. The average molecular weight is 610 g/mol. The van der Waals surface area contributed by atoms with Crippen LogP contribution in [0, 0.1) is 24.0 Å². The first-order valence-corrected chi connectivity index (χ1v) is 15.1. The van der Waals surface area contributed by atoms with E-state index in [-0.39, 0.29) is 53.9 Å². The van der Waals surface area contributed by atoms with Gasteiger partial charge in [-0.25, -0.2) is 8.78 Å². The molecular weight excluding hydrogens is 568 g/mol. The number of ketones is 2. The van der Waals surface area contributed by atoms with E-state index >= 15 is 0 Å². The molecule has 3 aromatic rings. The van der Waals surface area contributed by atoms with Crippen LogP contribution in [-0.2, 0) is 10.2 Å². The highest BCUT2D eigenvalue weighted by molar-refractivity contribution is 5.96. The van der Waals surface area contributed by atoms with E-state index in [2.05, 4.69) is 15.0 Å². The number of aromatic nitrogens is 2. The molecule has 0 atom stereocenters. The molecule has 44 heavy (non-hydrogen) atoms. The number of carbonyl (C=O) groups is 2. The van der Waals surface area contributed by atoms with Gasteiger partial charge in [-0.15, -0.1) is 0 Å². The molecule has 1 aliphatic carbocycles. The summed E-state index contributed by atoms with van der Waals surface area (Å²) >= 11 is 0. The van der Waals surface area contributed by atoms with Crippen LogP contribution < -0.4 is 4.74 Å². The maximum atomic E-state index is 14.3. The monoisotopic (exact) mass is 609 g/mol. The Balaban J connectivity index is 1.32. The van der Waals surface area contributed by atoms with Gasteiger partial charge in [-0.05, 0) is 51.7 Å². The van der Waals surface area contributed by atoms with E-state index in [4.69, 9.17) is 9.26 Å². The van der Waals surface area contributed by atoms with Gasteiger partial charge in [-0.1, -0.05) is 19.0 Å². The first-order chi connectivity index (χ1) is 20.7. The molecule has 1 aliphatic heterocycles. The molecule has 0 spiro atoms. The standard InChI is InChI=1S/C34H41F2N3O5/c1-21-12-25(43-5)14-31(37-21)32(2,3)16-24(40)17-34(19-39(20-34)23-8-10-33(4,42)11-9-23)18-29(41)28-15-30(44-38-28)26-7-6-22(35)13-27(26)36/h6-7,12-15,23,42H,8-11,16-20H2,1-5H3. The Bertz CT molecular complexity index is 1530. The van der Waals surface area contributed by atoms with Crippen molar-refractivity contribution in [3.05, 3.63) is 65.1 Å². The number of methoxy groups -OCH3 is 1. The maximum Gasteiger partial charge on any atom is 0.185 e. The van der Waals surface area contributed by atoms with Crippen molar-refractivity contribution in [3.8, 4) is 17.1 Å². The number of rotatable bonds is 11. The molecule has 8 nitrogen and oxygen atoms in total. The van der Waals surface area contributed by atoms with Crippen molar-refractivity contribution in [2.75, 3.05) is 20.2 Å². The lowest BCUT2D eigenvalue weighted by Crippen LogP contribution is -2.62. The number of nitrogens with zero attached hydrogens (tertiary/aromatic N) is 3. The van der Waals surface area contributed by atoms with E-state index in [1.165, 1.54) is 12.1 Å². The third kappa shape index (κ3) is 7.07. The lowest BCUT2D eigenvalue weighted by Gasteiger charge is -2.54. The van der Waals surface area contributed by atoms with Crippen LogP contribution in [0.5, 0.6) is 5.75 Å².